The molecule has 1 aliphatic rings. The van der Waals surface area contributed by atoms with E-state index >= 15 is 0 Å². The predicted molar refractivity (Wildman–Crippen MR) is 125 cm³/mol. The normalized spacial score (nSPS) is 14.5. The fourth-order valence-corrected chi connectivity index (χ4v) is 4.29. The standard InChI is InChI=1S/C26H24FN5O2/c1-16-21(17(2)32(31-16)18-7-4-3-5-8-18)14-24(33)30-15-19-13-22-23(27)10-9-20(25(22)34-19)26-28-11-6-12-29-26/h3-12,19H,13-15H2,1-2H3,(H,30,33). The van der Waals surface area contributed by atoms with Gasteiger partial charge in [-0.05, 0) is 44.2 Å². The Bertz CT molecular complexity index is 1340. The quantitative estimate of drug-likeness (QED) is 0.477. The zero-order valence-corrected chi connectivity index (χ0v) is 19.0. The predicted octanol–water partition coefficient (Wildman–Crippen LogP) is 3.75. The van der Waals surface area contributed by atoms with Crippen LogP contribution in [0.15, 0.2) is 60.9 Å². The summed E-state index contributed by atoms with van der Waals surface area (Å²) in [6, 6.07) is 14.6. The van der Waals surface area contributed by atoms with Gasteiger partial charge in [0.05, 0.1) is 29.9 Å². The molecule has 5 rings (SSSR count). The Kier molecular flexibility index (Phi) is 5.79. The molecular weight excluding hydrogens is 433 g/mol. The molecule has 1 amide bonds. The molecule has 1 atom stereocenters. The van der Waals surface area contributed by atoms with Crippen LogP contribution in [0.1, 0.15) is 22.5 Å². The van der Waals surface area contributed by atoms with E-state index in [2.05, 4.69) is 20.4 Å². The number of rotatable bonds is 6. The average molecular weight is 458 g/mol. The molecule has 8 heteroatoms. The number of para-hydroxylation sites is 1. The van der Waals surface area contributed by atoms with Crippen molar-refractivity contribution in [2.45, 2.75) is 32.8 Å². The van der Waals surface area contributed by atoms with Crippen LogP contribution in [0, 0.1) is 19.7 Å². The van der Waals surface area contributed by atoms with Crippen LogP contribution in [-0.4, -0.2) is 38.3 Å². The van der Waals surface area contributed by atoms with Crippen LogP contribution < -0.4 is 10.1 Å². The third kappa shape index (κ3) is 4.14. The van der Waals surface area contributed by atoms with Crippen LogP contribution >= 0.6 is 0 Å². The van der Waals surface area contributed by atoms with E-state index in [-0.39, 0.29) is 30.8 Å². The molecular formula is C26H24FN5O2. The summed E-state index contributed by atoms with van der Waals surface area (Å²) in [5, 5.41) is 7.54. The maximum absolute atomic E-state index is 14.5. The summed E-state index contributed by atoms with van der Waals surface area (Å²) in [7, 11) is 0. The zero-order chi connectivity index (χ0) is 23.7. The van der Waals surface area contributed by atoms with E-state index in [9.17, 15) is 9.18 Å². The number of nitrogens with one attached hydrogen (secondary N) is 1. The molecule has 2 aromatic heterocycles. The summed E-state index contributed by atoms with van der Waals surface area (Å²) < 4.78 is 22.3. The van der Waals surface area contributed by atoms with Crippen LogP contribution in [0.2, 0.25) is 0 Å². The third-order valence-corrected chi connectivity index (χ3v) is 6.03. The Balaban J connectivity index is 1.25. The number of halogens is 1. The van der Waals surface area contributed by atoms with E-state index in [0.29, 0.717) is 29.1 Å². The number of carbonyl (C=O) groups excluding carboxylic acids is 1. The summed E-state index contributed by atoms with van der Waals surface area (Å²) in [5.74, 6) is 0.458. The molecule has 1 aliphatic heterocycles. The molecule has 0 radical (unpaired) electrons. The van der Waals surface area contributed by atoms with Gasteiger partial charge in [0.1, 0.15) is 17.7 Å². The second kappa shape index (κ2) is 9.05. The van der Waals surface area contributed by atoms with Gasteiger partial charge in [0.2, 0.25) is 5.91 Å². The van der Waals surface area contributed by atoms with Crippen molar-refractivity contribution >= 4 is 5.91 Å². The van der Waals surface area contributed by atoms with Gasteiger partial charge in [0.15, 0.2) is 5.82 Å². The maximum Gasteiger partial charge on any atom is 0.224 e. The lowest BCUT2D eigenvalue weighted by atomic mass is 10.0. The number of nitrogens with zero attached hydrogens (tertiary/aromatic N) is 4. The van der Waals surface area contributed by atoms with Crippen LogP contribution in [0.5, 0.6) is 5.75 Å². The van der Waals surface area contributed by atoms with E-state index in [1.165, 1.54) is 6.07 Å². The van der Waals surface area contributed by atoms with Gasteiger partial charge < -0.3 is 10.1 Å². The van der Waals surface area contributed by atoms with Crippen molar-refractivity contribution in [1.29, 1.82) is 0 Å². The number of benzene rings is 2. The monoisotopic (exact) mass is 457 g/mol. The van der Waals surface area contributed by atoms with Crippen molar-refractivity contribution in [3.8, 4) is 22.8 Å². The number of carbonyl (C=O) groups is 1. The number of fused-ring (bicyclic) bond motifs is 1. The first kappa shape index (κ1) is 21.8. The highest BCUT2D eigenvalue weighted by atomic mass is 19.1. The lowest BCUT2D eigenvalue weighted by Gasteiger charge is -2.13. The lowest BCUT2D eigenvalue weighted by Crippen LogP contribution is -2.35. The number of hydrogen-bond acceptors (Lipinski definition) is 5. The minimum atomic E-state index is -0.368. The molecule has 0 fully saturated rings. The average Bonchev–Trinajstić information content (AvgIpc) is 3.41. The molecule has 172 valence electrons. The Labute approximate surface area is 196 Å². The highest BCUT2D eigenvalue weighted by molar-refractivity contribution is 5.79. The number of amides is 1. The van der Waals surface area contributed by atoms with Gasteiger partial charge in [-0.1, -0.05) is 18.2 Å². The fraction of sp³-hybridized carbons (Fsp3) is 0.231. The minimum absolute atomic E-state index is 0.134. The Morgan fingerprint density at radius 3 is 2.65 bits per heavy atom. The number of aryl methyl sites for hydroxylation is 1. The molecule has 1 N–H and O–H groups in total. The summed E-state index contributed by atoms with van der Waals surface area (Å²) in [5.41, 5.74) is 4.72. The first-order valence-corrected chi connectivity index (χ1v) is 11.1. The van der Waals surface area contributed by atoms with Crippen LogP contribution in [0.25, 0.3) is 17.1 Å². The molecule has 1 unspecified atom stereocenters. The fourth-order valence-electron chi connectivity index (χ4n) is 4.29. The SMILES string of the molecule is Cc1nn(-c2ccccc2)c(C)c1CC(=O)NCC1Cc2c(F)ccc(-c3ncccn3)c2O1. The van der Waals surface area contributed by atoms with Crippen LogP contribution in [0.4, 0.5) is 4.39 Å². The molecule has 0 saturated carbocycles. The van der Waals surface area contributed by atoms with E-state index in [4.69, 9.17) is 4.74 Å². The Hall–Kier alpha value is -4.07. The zero-order valence-electron chi connectivity index (χ0n) is 19.0. The van der Waals surface area contributed by atoms with Gasteiger partial charge in [-0.25, -0.2) is 19.0 Å². The van der Waals surface area contributed by atoms with E-state index in [0.717, 1.165) is 22.6 Å². The lowest BCUT2D eigenvalue weighted by molar-refractivity contribution is -0.120. The van der Waals surface area contributed by atoms with Gasteiger partial charge in [-0.15, -0.1) is 0 Å². The molecule has 0 bridgehead atoms. The minimum Gasteiger partial charge on any atom is -0.487 e. The second-order valence-corrected chi connectivity index (χ2v) is 8.30. The van der Waals surface area contributed by atoms with Crippen molar-refractivity contribution in [3.63, 3.8) is 0 Å². The van der Waals surface area contributed by atoms with Crippen LogP contribution in [-0.2, 0) is 17.6 Å². The smallest absolute Gasteiger partial charge is 0.224 e. The first-order chi connectivity index (χ1) is 16.5. The van der Waals surface area contributed by atoms with Crippen LogP contribution in [0.3, 0.4) is 0 Å². The first-order valence-electron chi connectivity index (χ1n) is 11.1. The van der Waals surface area contributed by atoms with Gasteiger partial charge in [0.25, 0.3) is 0 Å². The Morgan fingerprint density at radius 1 is 1.12 bits per heavy atom. The summed E-state index contributed by atoms with van der Waals surface area (Å²) >= 11 is 0. The number of ether oxygens (including phenoxy) is 1. The molecule has 0 spiro atoms. The second-order valence-electron chi connectivity index (χ2n) is 8.30. The maximum atomic E-state index is 14.5. The van der Waals surface area contributed by atoms with Gasteiger partial charge in [-0.2, -0.15) is 5.10 Å². The van der Waals surface area contributed by atoms with E-state index in [1.807, 2.05) is 48.9 Å². The van der Waals surface area contributed by atoms with Gasteiger partial charge >= 0.3 is 0 Å². The molecule has 4 aromatic rings. The molecule has 0 aliphatic carbocycles. The molecule has 3 heterocycles. The van der Waals surface area contributed by atoms with E-state index in [1.54, 1.807) is 24.5 Å². The number of hydrogen-bond donors (Lipinski definition) is 1. The largest absolute Gasteiger partial charge is 0.487 e. The molecule has 7 nitrogen and oxygen atoms in total. The summed E-state index contributed by atoms with van der Waals surface area (Å²) in [6.07, 6.45) is 3.48. The van der Waals surface area contributed by atoms with Crippen molar-refractivity contribution in [1.82, 2.24) is 25.1 Å². The highest BCUT2D eigenvalue weighted by Gasteiger charge is 2.30. The van der Waals surface area contributed by atoms with E-state index < -0.39 is 0 Å². The summed E-state index contributed by atoms with van der Waals surface area (Å²) in [6.45, 7) is 4.14. The molecule has 34 heavy (non-hydrogen) atoms. The highest BCUT2D eigenvalue weighted by Crippen LogP contribution is 2.38. The van der Waals surface area contributed by atoms with Crippen molar-refractivity contribution in [2.75, 3.05) is 6.54 Å². The Morgan fingerprint density at radius 2 is 1.88 bits per heavy atom. The van der Waals surface area contributed by atoms with Gasteiger partial charge in [-0.3, -0.25) is 4.79 Å². The van der Waals surface area contributed by atoms with Crippen molar-refractivity contribution < 1.29 is 13.9 Å². The van der Waals surface area contributed by atoms with Crippen molar-refractivity contribution in [3.05, 3.63) is 89.3 Å². The van der Waals surface area contributed by atoms with Gasteiger partial charge in [0, 0.05) is 35.6 Å². The topological polar surface area (TPSA) is 81.9 Å². The third-order valence-electron chi connectivity index (χ3n) is 6.03. The molecule has 0 saturated heterocycles. The van der Waals surface area contributed by atoms with Crippen molar-refractivity contribution in [2.24, 2.45) is 0 Å². The summed E-state index contributed by atoms with van der Waals surface area (Å²) in [4.78, 5) is 21.3. The molecule has 2 aromatic carbocycles. The number of aromatic nitrogens is 4.